The molecular weight excluding hydrogens is 462 g/mol. The van der Waals surface area contributed by atoms with Crippen LogP contribution in [0.2, 0.25) is 0 Å². The maximum atomic E-state index is 13.6. The van der Waals surface area contributed by atoms with Crippen LogP contribution in [0.5, 0.6) is 5.75 Å². The summed E-state index contributed by atoms with van der Waals surface area (Å²) >= 11 is 0. The lowest BCUT2D eigenvalue weighted by molar-refractivity contribution is 0.0192. The van der Waals surface area contributed by atoms with Gasteiger partial charge in [-0.15, -0.1) is 0 Å². The van der Waals surface area contributed by atoms with Gasteiger partial charge in [-0.05, 0) is 72.0 Å². The van der Waals surface area contributed by atoms with E-state index >= 15 is 0 Å². The van der Waals surface area contributed by atoms with Crippen LogP contribution in [0.25, 0.3) is 10.8 Å². The number of amides is 1. The summed E-state index contributed by atoms with van der Waals surface area (Å²) in [6.45, 7) is 6.61. The van der Waals surface area contributed by atoms with Gasteiger partial charge in [-0.25, -0.2) is 0 Å². The first-order valence-electron chi connectivity index (χ1n) is 13.7. The third-order valence-corrected chi connectivity index (χ3v) is 8.73. The van der Waals surface area contributed by atoms with E-state index in [9.17, 15) is 9.90 Å². The summed E-state index contributed by atoms with van der Waals surface area (Å²) in [6.07, 6.45) is 3.39. The van der Waals surface area contributed by atoms with E-state index in [4.69, 9.17) is 4.74 Å². The van der Waals surface area contributed by atoms with E-state index in [0.29, 0.717) is 12.6 Å². The van der Waals surface area contributed by atoms with Crippen molar-refractivity contribution in [2.75, 3.05) is 31.6 Å². The van der Waals surface area contributed by atoms with Crippen LogP contribution in [-0.2, 0) is 13.1 Å². The third-order valence-electron chi connectivity index (χ3n) is 8.73. The molecule has 2 heterocycles. The van der Waals surface area contributed by atoms with Gasteiger partial charge in [-0.1, -0.05) is 37.1 Å². The summed E-state index contributed by atoms with van der Waals surface area (Å²) in [5, 5.41) is 13.1. The van der Waals surface area contributed by atoms with E-state index in [2.05, 4.69) is 59.2 Å². The van der Waals surface area contributed by atoms with Gasteiger partial charge in [0.2, 0.25) is 0 Å². The number of ether oxygens (including phenoxy) is 1. The number of benzene rings is 3. The molecule has 0 radical (unpaired) electrons. The summed E-state index contributed by atoms with van der Waals surface area (Å²) in [4.78, 5) is 20.6. The molecule has 3 aliphatic rings. The number of aliphatic hydroxyl groups is 1. The van der Waals surface area contributed by atoms with E-state index in [1.165, 1.54) is 22.0 Å². The maximum Gasteiger partial charge on any atom is 0.254 e. The van der Waals surface area contributed by atoms with Crippen molar-refractivity contribution in [2.24, 2.45) is 0 Å². The molecular formula is C31H37N3O3. The predicted octanol–water partition coefficient (Wildman–Crippen LogP) is 4.82. The predicted molar refractivity (Wildman–Crippen MR) is 147 cm³/mol. The van der Waals surface area contributed by atoms with Crippen LogP contribution in [0.4, 0.5) is 5.69 Å². The number of nitrogens with zero attached hydrogens (tertiary/aromatic N) is 3. The summed E-state index contributed by atoms with van der Waals surface area (Å²) < 4.78 is 5.32. The topological polar surface area (TPSA) is 56.3 Å². The Morgan fingerprint density at radius 1 is 1.00 bits per heavy atom. The van der Waals surface area contributed by atoms with Gasteiger partial charge in [0, 0.05) is 50.0 Å². The molecule has 0 aromatic heterocycles. The Morgan fingerprint density at radius 2 is 1.76 bits per heavy atom. The van der Waals surface area contributed by atoms with Crippen molar-refractivity contribution in [3.63, 3.8) is 0 Å². The molecule has 3 aromatic carbocycles. The Hall–Kier alpha value is -3.09. The van der Waals surface area contributed by atoms with Gasteiger partial charge in [0.05, 0.1) is 19.3 Å². The normalized spacial score (nSPS) is 24.5. The summed E-state index contributed by atoms with van der Waals surface area (Å²) in [5.74, 6) is 0.968. The average Bonchev–Trinajstić information content (AvgIpc) is 3.26. The molecule has 194 valence electrons. The first-order chi connectivity index (χ1) is 18.0. The Morgan fingerprint density at radius 3 is 2.49 bits per heavy atom. The lowest BCUT2D eigenvalue weighted by Crippen LogP contribution is -2.51. The smallest absolute Gasteiger partial charge is 0.254 e. The van der Waals surface area contributed by atoms with Gasteiger partial charge in [0.15, 0.2) is 0 Å². The van der Waals surface area contributed by atoms with E-state index in [-0.39, 0.29) is 11.9 Å². The molecule has 1 aliphatic carbocycles. The quantitative estimate of drug-likeness (QED) is 0.546. The zero-order valence-corrected chi connectivity index (χ0v) is 21.9. The highest BCUT2D eigenvalue weighted by atomic mass is 16.5. The number of hydrogen-bond donors (Lipinski definition) is 1. The second kappa shape index (κ2) is 9.99. The maximum absolute atomic E-state index is 13.6. The number of methoxy groups -OCH3 is 1. The molecule has 2 aliphatic heterocycles. The largest absolute Gasteiger partial charge is 0.497 e. The van der Waals surface area contributed by atoms with Crippen molar-refractivity contribution in [2.45, 2.75) is 63.9 Å². The van der Waals surface area contributed by atoms with Crippen LogP contribution < -0.4 is 9.64 Å². The zero-order valence-electron chi connectivity index (χ0n) is 21.9. The molecule has 2 fully saturated rings. The van der Waals surface area contributed by atoms with Gasteiger partial charge in [0.1, 0.15) is 5.75 Å². The first-order valence-corrected chi connectivity index (χ1v) is 13.7. The number of hydrogen-bond acceptors (Lipinski definition) is 5. The molecule has 6 nitrogen and oxygen atoms in total. The fraction of sp³-hybridized carbons (Fsp3) is 0.452. The Balaban J connectivity index is 1.24. The number of rotatable bonds is 5. The monoisotopic (exact) mass is 499 g/mol. The van der Waals surface area contributed by atoms with Crippen LogP contribution in [0.3, 0.4) is 0 Å². The molecule has 3 aromatic rings. The lowest BCUT2D eigenvalue weighted by atomic mass is 9.91. The number of carbonyl (C=O) groups excluding carboxylic acids is 1. The van der Waals surface area contributed by atoms with Crippen molar-refractivity contribution < 1.29 is 14.6 Å². The zero-order chi connectivity index (χ0) is 25.5. The molecule has 0 bridgehead atoms. The van der Waals surface area contributed by atoms with E-state index in [1.54, 1.807) is 7.11 Å². The summed E-state index contributed by atoms with van der Waals surface area (Å²) in [6, 6.07) is 19.3. The van der Waals surface area contributed by atoms with Crippen molar-refractivity contribution in [1.82, 2.24) is 9.80 Å². The fourth-order valence-electron chi connectivity index (χ4n) is 6.60. The van der Waals surface area contributed by atoms with Crippen LogP contribution in [-0.4, -0.2) is 65.7 Å². The van der Waals surface area contributed by atoms with Crippen LogP contribution in [0.15, 0.2) is 54.6 Å². The minimum absolute atomic E-state index is 0.0677. The van der Waals surface area contributed by atoms with Crippen molar-refractivity contribution in [3.05, 3.63) is 71.3 Å². The van der Waals surface area contributed by atoms with Crippen LogP contribution in [0.1, 0.15) is 54.1 Å². The van der Waals surface area contributed by atoms with E-state index in [1.807, 2.05) is 17.0 Å². The fourth-order valence-corrected chi connectivity index (χ4v) is 6.60. The van der Waals surface area contributed by atoms with E-state index in [0.717, 1.165) is 68.7 Å². The summed E-state index contributed by atoms with van der Waals surface area (Å²) in [7, 11) is 1.70. The minimum Gasteiger partial charge on any atom is -0.497 e. The Labute approximate surface area is 219 Å². The number of anilines is 1. The molecule has 6 rings (SSSR count). The first kappa shape index (κ1) is 24.3. The van der Waals surface area contributed by atoms with Gasteiger partial charge in [0.25, 0.3) is 5.91 Å². The van der Waals surface area contributed by atoms with Crippen molar-refractivity contribution >= 4 is 22.4 Å². The Bertz CT molecular complexity index is 1290. The number of piperazine rings is 1. The van der Waals surface area contributed by atoms with E-state index < -0.39 is 6.10 Å². The molecule has 1 saturated carbocycles. The van der Waals surface area contributed by atoms with Crippen molar-refractivity contribution in [3.8, 4) is 5.75 Å². The highest BCUT2D eigenvalue weighted by molar-refractivity contribution is 6.05. The minimum atomic E-state index is -0.416. The second-order valence-corrected chi connectivity index (χ2v) is 10.9. The van der Waals surface area contributed by atoms with Crippen LogP contribution in [0, 0.1) is 0 Å². The third kappa shape index (κ3) is 4.47. The number of fused-ring (bicyclic) bond motifs is 3. The van der Waals surface area contributed by atoms with Gasteiger partial charge >= 0.3 is 0 Å². The average molecular weight is 500 g/mol. The number of carbonyl (C=O) groups is 1. The van der Waals surface area contributed by atoms with Gasteiger partial charge in [-0.2, -0.15) is 0 Å². The molecule has 0 spiro atoms. The molecule has 1 amide bonds. The standard InChI is InChI=1S/C31H37N3O3/c1-21-18-33(23-11-13-24(37-2)14-12-23)16-15-32(21)19-22-17-27-28(26-8-4-3-7-25(22)26)20-34(31(27)36)29-9-5-6-10-30(29)35/h3-4,7-8,11-14,17,21,29-30,35H,5-6,9-10,15-16,18-20H2,1-2H3/t21-,29-,30?/m0/s1. The molecule has 3 atom stereocenters. The van der Waals surface area contributed by atoms with Crippen LogP contribution >= 0.6 is 0 Å². The molecule has 1 unspecified atom stereocenters. The molecule has 6 heteroatoms. The molecule has 1 N–H and O–H groups in total. The highest BCUT2D eigenvalue weighted by Crippen LogP contribution is 2.37. The highest BCUT2D eigenvalue weighted by Gasteiger charge is 2.38. The van der Waals surface area contributed by atoms with Crippen molar-refractivity contribution in [1.29, 1.82) is 0 Å². The molecule has 1 saturated heterocycles. The summed E-state index contributed by atoms with van der Waals surface area (Å²) in [5.41, 5.74) is 4.40. The SMILES string of the molecule is COc1ccc(N2CCN(Cc3cc4c(c5ccccc35)CN([C@H]3CCCCC3O)C4=O)[C@@H](C)C2)cc1. The lowest BCUT2D eigenvalue weighted by Gasteiger charge is -2.41. The molecule has 37 heavy (non-hydrogen) atoms. The van der Waals surface area contributed by atoms with Gasteiger partial charge < -0.3 is 19.6 Å². The Kier molecular flexibility index (Phi) is 6.55. The van der Waals surface area contributed by atoms with Gasteiger partial charge in [-0.3, -0.25) is 9.69 Å². The second-order valence-electron chi connectivity index (χ2n) is 10.9. The number of aliphatic hydroxyl groups excluding tert-OH is 1.